The number of benzene rings is 1. The summed E-state index contributed by atoms with van der Waals surface area (Å²) in [6.07, 6.45) is 3.06. The van der Waals surface area contributed by atoms with Crippen molar-refractivity contribution < 1.29 is 9.13 Å². The summed E-state index contributed by atoms with van der Waals surface area (Å²) in [7, 11) is 1.88. The van der Waals surface area contributed by atoms with Crippen LogP contribution in [0.25, 0.3) is 0 Å². The molecule has 2 rings (SSSR count). The van der Waals surface area contributed by atoms with Crippen molar-refractivity contribution in [2.45, 2.75) is 44.4 Å². The number of halogens is 2. The molecular weight excluding hydrogens is 253 g/mol. The van der Waals surface area contributed by atoms with Crippen LogP contribution in [0.2, 0.25) is 5.02 Å². The highest BCUT2D eigenvalue weighted by Crippen LogP contribution is 2.26. The standard InChI is InChI=1S/C14H19ClFNO/c1-9-6-7-14(18-9)13(17-2)8-10-11(15)4-3-5-12(10)16/h3-5,9,13-14,17H,6-8H2,1-2H3. The maximum atomic E-state index is 13.8. The number of ether oxygens (including phenoxy) is 1. The van der Waals surface area contributed by atoms with E-state index in [2.05, 4.69) is 12.2 Å². The van der Waals surface area contributed by atoms with Crippen molar-refractivity contribution in [3.8, 4) is 0 Å². The molecule has 1 saturated heterocycles. The predicted molar refractivity (Wildman–Crippen MR) is 71.5 cm³/mol. The van der Waals surface area contributed by atoms with E-state index in [1.807, 2.05) is 7.05 Å². The van der Waals surface area contributed by atoms with E-state index >= 15 is 0 Å². The molecule has 0 amide bonds. The molecule has 4 heteroatoms. The molecule has 0 aromatic heterocycles. The van der Waals surface area contributed by atoms with E-state index in [4.69, 9.17) is 16.3 Å². The Bertz CT molecular complexity index is 393. The van der Waals surface area contributed by atoms with E-state index in [9.17, 15) is 4.39 Å². The molecule has 0 spiro atoms. The lowest BCUT2D eigenvalue weighted by Gasteiger charge is -2.23. The molecule has 0 saturated carbocycles. The molecule has 100 valence electrons. The van der Waals surface area contributed by atoms with Crippen molar-refractivity contribution >= 4 is 11.6 Å². The third-order valence-corrected chi connectivity index (χ3v) is 3.92. The molecule has 3 atom stereocenters. The monoisotopic (exact) mass is 271 g/mol. The van der Waals surface area contributed by atoms with Crippen LogP contribution in [-0.2, 0) is 11.2 Å². The first kappa shape index (κ1) is 13.8. The van der Waals surface area contributed by atoms with Crippen molar-refractivity contribution in [1.29, 1.82) is 0 Å². The van der Waals surface area contributed by atoms with Gasteiger partial charge >= 0.3 is 0 Å². The maximum absolute atomic E-state index is 13.8. The van der Waals surface area contributed by atoms with Gasteiger partial charge in [0.2, 0.25) is 0 Å². The predicted octanol–water partition coefficient (Wildman–Crippen LogP) is 3.18. The summed E-state index contributed by atoms with van der Waals surface area (Å²) >= 11 is 6.06. The lowest BCUT2D eigenvalue weighted by Crippen LogP contribution is -2.39. The molecule has 3 unspecified atom stereocenters. The molecule has 0 radical (unpaired) electrons. The number of likely N-dealkylation sites (N-methyl/N-ethyl adjacent to an activating group) is 1. The van der Waals surface area contributed by atoms with Gasteiger partial charge in [-0.1, -0.05) is 17.7 Å². The summed E-state index contributed by atoms with van der Waals surface area (Å²) in [5, 5.41) is 3.70. The molecule has 1 aromatic rings. The largest absolute Gasteiger partial charge is 0.374 e. The number of rotatable bonds is 4. The smallest absolute Gasteiger partial charge is 0.127 e. The van der Waals surface area contributed by atoms with Gasteiger partial charge < -0.3 is 10.1 Å². The van der Waals surface area contributed by atoms with Gasteiger partial charge in [-0.15, -0.1) is 0 Å². The molecular formula is C14H19ClFNO. The van der Waals surface area contributed by atoms with Crippen LogP contribution in [0, 0.1) is 5.82 Å². The van der Waals surface area contributed by atoms with Crippen LogP contribution >= 0.6 is 11.6 Å². The van der Waals surface area contributed by atoms with Gasteiger partial charge in [0, 0.05) is 16.6 Å². The summed E-state index contributed by atoms with van der Waals surface area (Å²) in [5.74, 6) is -0.242. The Labute approximate surface area is 112 Å². The Morgan fingerprint density at radius 2 is 2.28 bits per heavy atom. The fourth-order valence-electron chi connectivity index (χ4n) is 2.50. The Morgan fingerprint density at radius 3 is 2.83 bits per heavy atom. The Hall–Kier alpha value is -0.640. The van der Waals surface area contributed by atoms with Crippen molar-refractivity contribution in [3.05, 3.63) is 34.6 Å². The Morgan fingerprint density at radius 1 is 1.50 bits per heavy atom. The fourth-order valence-corrected chi connectivity index (χ4v) is 2.74. The molecule has 1 aliphatic rings. The lowest BCUT2D eigenvalue weighted by atomic mass is 9.99. The highest BCUT2D eigenvalue weighted by Gasteiger charge is 2.29. The molecule has 1 aromatic carbocycles. The zero-order valence-electron chi connectivity index (χ0n) is 10.7. The Kier molecular flexibility index (Phi) is 4.60. The average molecular weight is 272 g/mol. The summed E-state index contributed by atoms with van der Waals surface area (Å²) in [6.45, 7) is 2.07. The zero-order chi connectivity index (χ0) is 13.1. The summed E-state index contributed by atoms with van der Waals surface area (Å²) in [4.78, 5) is 0. The van der Waals surface area contributed by atoms with Crippen LogP contribution in [0.4, 0.5) is 4.39 Å². The van der Waals surface area contributed by atoms with Gasteiger partial charge in [-0.3, -0.25) is 0 Å². The minimum atomic E-state index is -0.242. The summed E-state index contributed by atoms with van der Waals surface area (Å²) < 4.78 is 19.6. The number of hydrogen-bond acceptors (Lipinski definition) is 2. The van der Waals surface area contributed by atoms with Gasteiger partial charge in [-0.2, -0.15) is 0 Å². The van der Waals surface area contributed by atoms with Crippen molar-refractivity contribution in [1.82, 2.24) is 5.32 Å². The van der Waals surface area contributed by atoms with Gasteiger partial charge in [0.1, 0.15) is 5.82 Å². The first-order valence-corrected chi connectivity index (χ1v) is 6.75. The van der Waals surface area contributed by atoms with E-state index in [0.29, 0.717) is 23.1 Å². The van der Waals surface area contributed by atoms with E-state index < -0.39 is 0 Å². The first-order valence-electron chi connectivity index (χ1n) is 6.37. The van der Waals surface area contributed by atoms with E-state index in [1.165, 1.54) is 6.07 Å². The quantitative estimate of drug-likeness (QED) is 0.908. The van der Waals surface area contributed by atoms with E-state index in [1.54, 1.807) is 12.1 Å². The number of hydrogen-bond donors (Lipinski definition) is 1. The molecule has 0 bridgehead atoms. The van der Waals surface area contributed by atoms with Gasteiger partial charge in [0.05, 0.1) is 12.2 Å². The maximum Gasteiger partial charge on any atom is 0.127 e. The van der Waals surface area contributed by atoms with Crippen molar-refractivity contribution in [3.63, 3.8) is 0 Å². The van der Waals surface area contributed by atoms with E-state index in [0.717, 1.165) is 12.8 Å². The second-order valence-corrected chi connectivity index (χ2v) is 5.27. The van der Waals surface area contributed by atoms with Crippen LogP contribution in [0.5, 0.6) is 0 Å². The van der Waals surface area contributed by atoms with Crippen LogP contribution in [-0.4, -0.2) is 25.3 Å². The second kappa shape index (κ2) is 6.00. The van der Waals surface area contributed by atoms with Gasteiger partial charge in [0.25, 0.3) is 0 Å². The zero-order valence-corrected chi connectivity index (χ0v) is 11.5. The second-order valence-electron chi connectivity index (χ2n) is 4.86. The lowest BCUT2D eigenvalue weighted by molar-refractivity contribution is 0.0336. The SMILES string of the molecule is CNC(Cc1c(F)cccc1Cl)C1CCC(C)O1. The normalized spacial score (nSPS) is 25.3. The summed E-state index contributed by atoms with van der Waals surface area (Å²) in [6, 6.07) is 4.91. The minimum Gasteiger partial charge on any atom is -0.374 e. The van der Waals surface area contributed by atoms with Crippen LogP contribution in [0.3, 0.4) is 0 Å². The van der Waals surface area contributed by atoms with Crippen LogP contribution in [0.1, 0.15) is 25.3 Å². The fraction of sp³-hybridized carbons (Fsp3) is 0.571. The van der Waals surface area contributed by atoms with Gasteiger partial charge in [0.15, 0.2) is 0 Å². The molecule has 1 fully saturated rings. The van der Waals surface area contributed by atoms with Crippen molar-refractivity contribution in [2.24, 2.45) is 0 Å². The molecule has 1 heterocycles. The van der Waals surface area contributed by atoms with E-state index in [-0.39, 0.29) is 18.0 Å². The van der Waals surface area contributed by atoms with Crippen LogP contribution in [0.15, 0.2) is 18.2 Å². The minimum absolute atomic E-state index is 0.101. The highest BCUT2D eigenvalue weighted by molar-refractivity contribution is 6.31. The molecule has 18 heavy (non-hydrogen) atoms. The van der Waals surface area contributed by atoms with Crippen LogP contribution < -0.4 is 5.32 Å². The topological polar surface area (TPSA) is 21.3 Å². The Balaban J connectivity index is 2.10. The van der Waals surface area contributed by atoms with Gasteiger partial charge in [-0.25, -0.2) is 4.39 Å². The van der Waals surface area contributed by atoms with Gasteiger partial charge in [-0.05, 0) is 45.4 Å². The molecule has 1 N–H and O–H groups in total. The molecule has 0 aliphatic carbocycles. The average Bonchev–Trinajstić information content (AvgIpc) is 2.76. The molecule has 1 aliphatic heterocycles. The summed E-state index contributed by atoms with van der Waals surface area (Å²) in [5.41, 5.74) is 0.571. The molecule has 2 nitrogen and oxygen atoms in total. The third kappa shape index (κ3) is 3.02. The number of nitrogens with one attached hydrogen (secondary N) is 1. The third-order valence-electron chi connectivity index (χ3n) is 3.57. The highest BCUT2D eigenvalue weighted by atomic mass is 35.5. The van der Waals surface area contributed by atoms with Crippen molar-refractivity contribution in [2.75, 3.05) is 7.05 Å². The first-order chi connectivity index (χ1) is 8.61.